The fraction of sp³-hybridized carbons (Fsp3) is 0.308. The number of benzene rings is 1. The summed E-state index contributed by atoms with van der Waals surface area (Å²) >= 11 is 1.53. The average Bonchev–Trinajstić information content (AvgIpc) is 2.71. The first kappa shape index (κ1) is 12.1. The lowest BCUT2D eigenvalue weighted by atomic mass is 10.1. The van der Waals surface area contributed by atoms with E-state index in [0.29, 0.717) is 11.7 Å². The van der Waals surface area contributed by atoms with Gasteiger partial charge in [0.15, 0.2) is 5.13 Å². The molecule has 0 saturated carbocycles. The van der Waals surface area contributed by atoms with Crippen LogP contribution in [0.15, 0.2) is 24.3 Å². The number of nitrogens with two attached hydrogens (primary N) is 2. The van der Waals surface area contributed by atoms with Crippen molar-refractivity contribution in [3.8, 4) is 11.3 Å². The van der Waals surface area contributed by atoms with Gasteiger partial charge in [-0.05, 0) is 24.9 Å². The first-order chi connectivity index (χ1) is 8.24. The van der Waals surface area contributed by atoms with Gasteiger partial charge in [-0.2, -0.15) is 0 Å². The van der Waals surface area contributed by atoms with Gasteiger partial charge in [0.1, 0.15) is 0 Å². The van der Waals surface area contributed by atoms with E-state index < -0.39 is 0 Å². The van der Waals surface area contributed by atoms with E-state index in [4.69, 9.17) is 11.5 Å². The fourth-order valence-electron chi connectivity index (χ4n) is 1.79. The van der Waals surface area contributed by atoms with Crippen molar-refractivity contribution in [1.29, 1.82) is 0 Å². The first-order valence-electron chi connectivity index (χ1n) is 5.79. The van der Waals surface area contributed by atoms with Crippen LogP contribution in [0.2, 0.25) is 0 Å². The van der Waals surface area contributed by atoms with Gasteiger partial charge in [0.05, 0.1) is 5.69 Å². The number of hydrogen-bond donors (Lipinski definition) is 2. The lowest BCUT2D eigenvalue weighted by molar-refractivity contribution is 0.986. The van der Waals surface area contributed by atoms with E-state index in [1.54, 1.807) is 0 Å². The second-order valence-electron chi connectivity index (χ2n) is 3.91. The molecule has 0 aliphatic rings. The molecule has 2 rings (SSSR count). The quantitative estimate of drug-likeness (QED) is 0.872. The van der Waals surface area contributed by atoms with Gasteiger partial charge in [0.2, 0.25) is 0 Å². The van der Waals surface area contributed by atoms with Crippen molar-refractivity contribution >= 4 is 16.5 Å². The zero-order valence-corrected chi connectivity index (χ0v) is 10.8. The molecule has 4 N–H and O–H groups in total. The average molecular weight is 247 g/mol. The summed E-state index contributed by atoms with van der Waals surface area (Å²) in [6.45, 7) is 2.78. The molecular formula is C13H17N3S. The smallest absolute Gasteiger partial charge is 0.180 e. The van der Waals surface area contributed by atoms with Gasteiger partial charge >= 0.3 is 0 Å². The largest absolute Gasteiger partial charge is 0.375 e. The molecule has 17 heavy (non-hydrogen) atoms. The third kappa shape index (κ3) is 2.65. The monoisotopic (exact) mass is 247 g/mol. The highest BCUT2D eigenvalue weighted by atomic mass is 32.1. The molecule has 0 spiro atoms. The summed E-state index contributed by atoms with van der Waals surface area (Å²) in [6.07, 6.45) is 1.88. The molecule has 0 fully saturated rings. The highest BCUT2D eigenvalue weighted by Gasteiger charge is 2.10. The fourth-order valence-corrected chi connectivity index (χ4v) is 2.66. The lowest BCUT2D eigenvalue weighted by Crippen LogP contribution is -2.02. The number of nitrogen functional groups attached to an aromatic ring is 1. The molecule has 0 aliphatic heterocycles. The van der Waals surface area contributed by atoms with Crippen LogP contribution in [0.4, 0.5) is 5.13 Å². The topological polar surface area (TPSA) is 64.9 Å². The van der Waals surface area contributed by atoms with Crippen molar-refractivity contribution in [3.63, 3.8) is 0 Å². The summed E-state index contributed by atoms with van der Waals surface area (Å²) in [5.74, 6) is 0. The standard InChI is InChI=1S/C13H17N3S/c1-2-9-3-5-10(6-4-9)12-11(7-8-14)17-13(15)16-12/h3-6H,2,7-8,14H2,1H3,(H2,15,16). The maximum atomic E-state index is 5.77. The zero-order valence-electron chi connectivity index (χ0n) is 9.94. The highest BCUT2D eigenvalue weighted by Crippen LogP contribution is 2.30. The Balaban J connectivity index is 2.37. The Labute approximate surface area is 105 Å². The van der Waals surface area contributed by atoms with Crippen LogP contribution in [0.1, 0.15) is 17.4 Å². The van der Waals surface area contributed by atoms with Gasteiger partial charge < -0.3 is 11.5 Å². The predicted octanol–water partition coefficient (Wildman–Crippen LogP) is 2.46. The predicted molar refractivity (Wildman–Crippen MR) is 74.1 cm³/mol. The Bertz CT molecular complexity index is 488. The number of rotatable bonds is 4. The van der Waals surface area contributed by atoms with E-state index in [1.165, 1.54) is 21.8 Å². The third-order valence-electron chi connectivity index (χ3n) is 2.72. The summed E-state index contributed by atoms with van der Waals surface area (Å²) < 4.78 is 0. The molecule has 0 radical (unpaired) electrons. The SMILES string of the molecule is CCc1ccc(-c2nc(N)sc2CCN)cc1. The first-order valence-corrected chi connectivity index (χ1v) is 6.60. The molecule has 0 aliphatic carbocycles. The number of aromatic nitrogens is 1. The van der Waals surface area contributed by atoms with E-state index >= 15 is 0 Å². The highest BCUT2D eigenvalue weighted by molar-refractivity contribution is 7.15. The maximum Gasteiger partial charge on any atom is 0.180 e. The van der Waals surface area contributed by atoms with Crippen molar-refractivity contribution in [2.45, 2.75) is 19.8 Å². The molecule has 0 amide bonds. The summed E-state index contributed by atoms with van der Waals surface area (Å²) in [6, 6.07) is 8.48. The van der Waals surface area contributed by atoms with E-state index in [9.17, 15) is 0 Å². The van der Waals surface area contributed by atoms with Gasteiger partial charge in [0.25, 0.3) is 0 Å². The van der Waals surface area contributed by atoms with Crippen molar-refractivity contribution in [1.82, 2.24) is 4.98 Å². The molecule has 90 valence electrons. The van der Waals surface area contributed by atoms with Crippen LogP contribution < -0.4 is 11.5 Å². The van der Waals surface area contributed by atoms with E-state index in [0.717, 1.165) is 24.1 Å². The minimum absolute atomic E-state index is 0.614. The molecule has 0 unspecified atom stereocenters. The van der Waals surface area contributed by atoms with Crippen molar-refractivity contribution in [2.75, 3.05) is 12.3 Å². The summed E-state index contributed by atoms with van der Waals surface area (Å²) in [5.41, 5.74) is 14.8. The van der Waals surface area contributed by atoms with Crippen molar-refractivity contribution < 1.29 is 0 Å². The molecule has 4 heteroatoms. The molecule has 0 bridgehead atoms. The van der Waals surface area contributed by atoms with Crippen LogP contribution in [-0.2, 0) is 12.8 Å². The minimum Gasteiger partial charge on any atom is -0.375 e. The van der Waals surface area contributed by atoms with E-state index in [-0.39, 0.29) is 0 Å². The van der Waals surface area contributed by atoms with Crippen LogP contribution in [0, 0.1) is 0 Å². The van der Waals surface area contributed by atoms with Crippen molar-refractivity contribution in [3.05, 3.63) is 34.7 Å². The molecule has 0 saturated heterocycles. The zero-order chi connectivity index (χ0) is 12.3. The van der Waals surface area contributed by atoms with Gasteiger partial charge in [-0.3, -0.25) is 0 Å². The Morgan fingerprint density at radius 2 is 1.94 bits per heavy atom. The van der Waals surface area contributed by atoms with Gasteiger partial charge in [0, 0.05) is 10.4 Å². The van der Waals surface area contributed by atoms with Gasteiger partial charge in [-0.25, -0.2) is 4.98 Å². The maximum absolute atomic E-state index is 5.77. The number of aryl methyl sites for hydroxylation is 1. The molecule has 2 aromatic rings. The summed E-state index contributed by atoms with van der Waals surface area (Å²) in [5, 5.41) is 0.614. The molecule has 1 aromatic heterocycles. The Kier molecular flexibility index (Phi) is 3.76. The Morgan fingerprint density at radius 1 is 1.24 bits per heavy atom. The second-order valence-corrected chi connectivity index (χ2v) is 5.03. The van der Waals surface area contributed by atoms with Crippen LogP contribution in [0.3, 0.4) is 0 Å². The third-order valence-corrected chi connectivity index (χ3v) is 3.67. The molecule has 1 heterocycles. The second kappa shape index (κ2) is 5.29. The number of hydrogen-bond acceptors (Lipinski definition) is 4. The van der Waals surface area contributed by atoms with Crippen LogP contribution >= 0.6 is 11.3 Å². The Morgan fingerprint density at radius 3 is 2.53 bits per heavy atom. The van der Waals surface area contributed by atoms with E-state index in [2.05, 4.69) is 36.2 Å². The van der Waals surface area contributed by atoms with Crippen LogP contribution in [0.25, 0.3) is 11.3 Å². The van der Waals surface area contributed by atoms with Crippen LogP contribution in [0.5, 0.6) is 0 Å². The van der Waals surface area contributed by atoms with Gasteiger partial charge in [-0.15, -0.1) is 11.3 Å². The Hall–Kier alpha value is -1.39. The summed E-state index contributed by atoms with van der Waals surface area (Å²) in [4.78, 5) is 5.57. The van der Waals surface area contributed by atoms with E-state index in [1.807, 2.05) is 0 Å². The van der Waals surface area contributed by atoms with Crippen LogP contribution in [-0.4, -0.2) is 11.5 Å². The lowest BCUT2D eigenvalue weighted by Gasteiger charge is -2.02. The van der Waals surface area contributed by atoms with Gasteiger partial charge in [-0.1, -0.05) is 31.2 Å². The molecule has 3 nitrogen and oxygen atoms in total. The number of thiazole rings is 1. The number of nitrogens with zero attached hydrogens (tertiary/aromatic N) is 1. The molecule has 0 atom stereocenters. The summed E-state index contributed by atoms with van der Waals surface area (Å²) in [7, 11) is 0. The molecular weight excluding hydrogens is 230 g/mol. The van der Waals surface area contributed by atoms with Crippen molar-refractivity contribution in [2.24, 2.45) is 5.73 Å². The normalized spacial score (nSPS) is 10.7. The number of anilines is 1. The molecule has 1 aromatic carbocycles. The minimum atomic E-state index is 0.614.